The molecule has 0 fully saturated rings. The molecule has 1 rings (SSSR count). The summed E-state index contributed by atoms with van der Waals surface area (Å²) in [6.45, 7) is 2.93. The minimum absolute atomic E-state index is 0.00535. The Morgan fingerprint density at radius 1 is 1.37 bits per heavy atom. The average Bonchev–Trinajstić information content (AvgIpc) is 2.38. The first-order chi connectivity index (χ1) is 8.75. The highest BCUT2D eigenvalue weighted by Gasteiger charge is 2.36. The van der Waals surface area contributed by atoms with Crippen molar-refractivity contribution in [3.63, 3.8) is 0 Å². The van der Waals surface area contributed by atoms with Crippen LogP contribution in [0.15, 0.2) is 29.2 Å². The highest BCUT2D eigenvalue weighted by molar-refractivity contribution is 7.89. The third-order valence-corrected chi connectivity index (χ3v) is 4.52. The molecular weight excluding hydrogens is 270 g/mol. The maximum Gasteiger partial charge on any atom is 0.324 e. The Balaban J connectivity index is 3.07. The van der Waals surface area contributed by atoms with Gasteiger partial charge in [0.1, 0.15) is 11.3 Å². The second kappa shape index (κ2) is 5.58. The van der Waals surface area contributed by atoms with E-state index in [0.717, 1.165) is 0 Å². The number of methoxy groups -OCH3 is 1. The zero-order valence-electron chi connectivity index (χ0n) is 11.0. The summed E-state index contributed by atoms with van der Waals surface area (Å²) in [5, 5.41) is 9.08. The van der Waals surface area contributed by atoms with E-state index >= 15 is 0 Å². The Kier molecular flexibility index (Phi) is 4.54. The molecule has 0 radical (unpaired) electrons. The van der Waals surface area contributed by atoms with Gasteiger partial charge in [-0.05, 0) is 37.6 Å². The van der Waals surface area contributed by atoms with Crippen LogP contribution in [0.5, 0.6) is 5.75 Å². The molecule has 0 heterocycles. The van der Waals surface area contributed by atoms with E-state index in [2.05, 4.69) is 4.72 Å². The van der Waals surface area contributed by atoms with Gasteiger partial charge in [0.05, 0.1) is 12.0 Å². The van der Waals surface area contributed by atoms with Crippen LogP contribution < -0.4 is 9.46 Å². The number of aliphatic carboxylic acids is 1. The lowest BCUT2D eigenvalue weighted by Gasteiger charge is -2.24. The zero-order valence-corrected chi connectivity index (χ0v) is 11.8. The lowest BCUT2D eigenvalue weighted by molar-refractivity contribution is -0.143. The van der Waals surface area contributed by atoms with Crippen molar-refractivity contribution in [1.82, 2.24) is 4.72 Å². The molecule has 7 heteroatoms. The number of benzene rings is 1. The Hall–Kier alpha value is -1.60. The van der Waals surface area contributed by atoms with Gasteiger partial charge in [0.15, 0.2) is 0 Å². The number of carboxylic acids is 1. The molecule has 0 aliphatic rings. The normalized spacial score (nSPS) is 14.7. The van der Waals surface area contributed by atoms with E-state index in [-0.39, 0.29) is 11.3 Å². The van der Waals surface area contributed by atoms with Gasteiger partial charge in [-0.3, -0.25) is 4.79 Å². The molecule has 0 spiro atoms. The molecule has 1 aromatic carbocycles. The van der Waals surface area contributed by atoms with Crippen molar-refractivity contribution >= 4 is 16.0 Å². The van der Waals surface area contributed by atoms with Crippen LogP contribution in [0.25, 0.3) is 0 Å². The van der Waals surface area contributed by atoms with E-state index in [1.165, 1.54) is 38.3 Å². The predicted molar refractivity (Wildman–Crippen MR) is 69.6 cm³/mol. The molecule has 0 aromatic heterocycles. The molecule has 106 valence electrons. The quantitative estimate of drug-likeness (QED) is 0.820. The lowest BCUT2D eigenvalue weighted by atomic mass is 10.0. The highest BCUT2D eigenvalue weighted by Crippen LogP contribution is 2.19. The predicted octanol–water partition coefficient (Wildman–Crippen LogP) is 1.23. The molecule has 1 aromatic rings. The van der Waals surface area contributed by atoms with Crippen molar-refractivity contribution in [1.29, 1.82) is 0 Å². The van der Waals surface area contributed by atoms with E-state index in [1.807, 2.05) is 0 Å². The van der Waals surface area contributed by atoms with Crippen LogP contribution in [-0.4, -0.2) is 32.1 Å². The third kappa shape index (κ3) is 3.45. The van der Waals surface area contributed by atoms with Crippen LogP contribution in [0.3, 0.4) is 0 Å². The number of sulfonamides is 1. The van der Waals surface area contributed by atoms with Crippen molar-refractivity contribution in [3.8, 4) is 5.75 Å². The Bertz CT molecular complexity index is 552. The molecule has 1 atom stereocenters. The van der Waals surface area contributed by atoms with Crippen LogP contribution >= 0.6 is 0 Å². The smallest absolute Gasteiger partial charge is 0.324 e. The van der Waals surface area contributed by atoms with Crippen LogP contribution in [0.1, 0.15) is 20.3 Å². The molecule has 0 saturated heterocycles. The maximum absolute atomic E-state index is 12.1. The average molecular weight is 287 g/mol. The van der Waals surface area contributed by atoms with Gasteiger partial charge >= 0.3 is 5.97 Å². The van der Waals surface area contributed by atoms with Gasteiger partial charge in [-0.2, -0.15) is 4.72 Å². The first-order valence-electron chi connectivity index (χ1n) is 5.66. The number of hydrogen-bond acceptors (Lipinski definition) is 4. The van der Waals surface area contributed by atoms with Crippen molar-refractivity contribution in [3.05, 3.63) is 24.3 Å². The molecule has 0 bridgehead atoms. The summed E-state index contributed by atoms with van der Waals surface area (Å²) in [5.74, 6) is -0.692. The second-order valence-electron chi connectivity index (χ2n) is 4.27. The van der Waals surface area contributed by atoms with Gasteiger partial charge in [0.2, 0.25) is 10.0 Å². The van der Waals surface area contributed by atoms with E-state index in [0.29, 0.717) is 5.75 Å². The molecule has 0 aliphatic carbocycles. The number of carboxylic acid groups (broad SMARTS) is 1. The van der Waals surface area contributed by atoms with Crippen LogP contribution in [0.2, 0.25) is 0 Å². The topological polar surface area (TPSA) is 92.7 Å². The van der Waals surface area contributed by atoms with Gasteiger partial charge < -0.3 is 9.84 Å². The van der Waals surface area contributed by atoms with Crippen molar-refractivity contribution in [2.24, 2.45) is 0 Å². The molecular formula is C12H17NO5S. The maximum atomic E-state index is 12.1. The second-order valence-corrected chi connectivity index (χ2v) is 5.95. The highest BCUT2D eigenvalue weighted by atomic mass is 32.2. The molecule has 19 heavy (non-hydrogen) atoms. The van der Waals surface area contributed by atoms with E-state index in [9.17, 15) is 13.2 Å². The molecule has 0 amide bonds. The Labute approximate surface area is 112 Å². The summed E-state index contributed by atoms with van der Waals surface area (Å²) in [6.07, 6.45) is 0.137. The lowest BCUT2D eigenvalue weighted by Crippen LogP contribution is -2.51. The van der Waals surface area contributed by atoms with Crippen molar-refractivity contribution in [2.75, 3.05) is 7.11 Å². The number of carbonyl (C=O) groups is 1. The molecule has 6 nitrogen and oxygen atoms in total. The minimum atomic E-state index is -3.89. The number of ether oxygens (including phenoxy) is 1. The first kappa shape index (κ1) is 15.5. The first-order valence-corrected chi connectivity index (χ1v) is 7.15. The molecule has 0 saturated carbocycles. The minimum Gasteiger partial charge on any atom is -0.497 e. The molecule has 2 N–H and O–H groups in total. The fourth-order valence-corrected chi connectivity index (χ4v) is 2.81. The number of rotatable bonds is 6. The fraction of sp³-hybridized carbons (Fsp3) is 0.417. The van der Waals surface area contributed by atoms with Gasteiger partial charge in [-0.25, -0.2) is 8.42 Å². The summed E-state index contributed by atoms with van der Waals surface area (Å²) in [4.78, 5) is 11.1. The largest absolute Gasteiger partial charge is 0.497 e. The standard InChI is InChI=1S/C12H17NO5S/c1-4-12(2,11(14)15)13-19(16,17)10-7-5-9(18-3)6-8-10/h5-8,13H,4H2,1-3H3,(H,14,15). The number of nitrogens with one attached hydrogen (secondary N) is 1. The van der Waals surface area contributed by atoms with Crippen LogP contribution in [0, 0.1) is 0 Å². The van der Waals surface area contributed by atoms with Gasteiger partial charge in [-0.1, -0.05) is 6.92 Å². The van der Waals surface area contributed by atoms with E-state index < -0.39 is 21.5 Å². The van der Waals surface area contributed by atoms with Crippen molar-refractivity contribution in [2.45, 2.75) is 30.7 Å². The zero-order chi connectivity index (χ0) is 14.7. The molecule has 0 aliphatic heterocycles. The summed E-state index contributed by atoms with van der Waals surface area (Å²) in [6, 6.07) is 5.72. The SMILES string of the molecule is CCC(C)(NS(=O)(=O)c1ccc(OC)cc1)C(=O)O. The van der Waals surface area contributed by atoms with Gasteiger partial charge in [0.25, 0.3) is 0 Å². The number of hydrogen-bond donors (Lipinski definition) is 2. The van der Waals surface area contributed by atoms with Crippen LogP contribution in [0.4, 0.5) is 0 Å². The van der Waals surface area contributed by atoms with E-state index in [4.69, 9.17) is 9.84 Å². The summed E-state index contributed by atoms with van der Waals surface area (Å²) < 4.78 is 31.3. The summed E-state index contributed by atoms with van der Waals surface area (Å²) in [7, 11) is -2.41. The Morgan fingerprint density at radius 2 is 1.89 bits per heavy atom. The van der Waals surface area contributed by atoms with Gasteiger partial charge in [0, 0.05) is 0 Å². The summed E-state index contributed by atoms with van der Waals surface area (Å²) >= 11 is 0. The van der Waals surface area contributed by atoms with Crippen LogP contribution in [-0.2, 0) is 14.8 Å². The third-order valence-electron chi connectivity index (χ3n) is 2.91. The van der Waals surface area contributed by atoms with Crippen molar-refractivity contribution < 1.29 is 23.1 Å². The monoisotopic (exact) mass is 287 g/mol. The molecule has 1 unspecified atom stereocenters. The van der Waals surface area contributed by atoms with Gasteiger partial charge in [-0.15, -0.1) is 0 Å². The fourth-order valence-electron chi connectivity index (χ4n) is 1.38. The summed E-state index contributed by atoms with van der Waals surface area (Å²) in [5.41, 5.74) is -1.53. The Morgan fingerprint density at radius 3 is 2.26 bits per heavy atom. The van der Waals surface area contributed by atoms with E-state index in [1.54, 1.807) is 6.92 Å².